The van der Waals surface area contributed by atoms with Crippen LogP contribution in [0.15, 0.2) is 72.8 Å². The third-order valence-corrected chi connectivity index (χ3v) is 6.81. The monoisotopic (exact) mass is 428 g/mol. The predicted molar refractivity (Wildman–Crippen MR) is 130 cm³/mol. The molecule has 0 spiro atoms. The number of methoxy groups -OCH3 is 1. The molecule has 2 aliphatic heterocycles. The van der Waals surface area contributed by atoms with Gasteiger partial charge < -0.3 is 14.4 Å². The van der Waals surface area contributed by atoms with Crippen LogP contribution >= 0.6 is 0 Å². The Morgan fingerprint density at radius 3 is 2.53 bits per heavy atom. The summed E-state index contributed by atoms with van der Waals surface area (Å²) in [6, 6.07) is 26.2. The van der Waals surface area contributed by atoms with E-state index in [9.17, 15) is 0 Å². The fraction of sp³-hybridized carbons (Fsp3) is 0.357. The van der Waals surface area contributed by atoms with Gasteiger partial charge in [0.15, 0.2) is 0 Å². The van der Waals surface area contributed by atoms with Crippen LogP contribution in [-0.2, 0) is 13.0 Å². The molecule has 2 aliphatic rings. The summed E-state index contributed by atoms with van der Waals surface area (Å²) < 4.78 is 11.5. The minimum Gasteiger partial charge on any atom is -0.497 e. The lowest BCUT2D eigenvalue weighted by molar-refractivity contribution is 0.154. The Balaban J connectivity index is 1.36. The van der Waals surface area contributed by atoms with E-state index in [0.29, 0.717) is 12.6 Å². The lowest BCUT2D eigenvalue weighted by Gasteiger charge is -2.39. The first-order valence-corrected chi connectivity index (χ1v) is 11.8. The van der Waals surface area contributed by atoms with Crippen LogP contribution in [0.2, 0.25) is 0 Å². The Labute approximate surface area is 191 Å². The van der Waals surface area contributed by atoms with E-state index in [1.54, 1.807) is 7.11 Å². The Morgan fingerprint density at radius 1 is 0.906 bits per heavy atom. The van der Waals surface area contributed by atoms with E-state index in [1.165, 1.54) is 48.3 Å². The minimum absolute atomic E-state index is 0.529. The summed E-state index contributed by atoms with van der Waals surface area (Å²) >= 11 is 0. The lowest BCUT2D eigenvalue weighted by Crippen LogP contribution is -2.46. The smallest absolute Gasteiger partial charge is 0.143 e. The van der Waals surface area contributed by atoms with Gasteiger partial charge in [0.2, 0.25) is 0 Å². The number of para-hydroxylation sites is 3. The van der Waals surface area contributed by atoms with Crippen molar-refractivity contribution in [1.82, 2.24) is 4.90 Å². The summed E-state index contributed by atoms with van der Waals surface area (Å²) in [5, 5.41) is 0. The molecule has 0 unspecified atom stereocenters. The van der Waals surface area contributed by atoms with E-state index in [-0.39, 0.29) is 0 Å². The topological polar surface area (TPSA) is 24.9 Å². The molecule has 2 heterocycles. The van der Waals surface area contributed by atoms with Crippen molar-refractivity contribution in [3.63, 3.8) is 0 Å². The van der Waals surface area contributed by atoms with E-state index in [4.69, 9.17) is 9.47 Å². The molecule has 0 bridgehead atoms. The molecule has 32 heavy (non-hydrogen) atoms. The molecule has 4 heteroatoms. The number of rotatable bonds is 6. The molecule has 1 atom stereocenters. The number of nitrogens with zero attached hydrogens (tertiary/aromatic N) is 2. The highest BCUT2D eigenvalue weighted by Gasteiger charge is 2.28. The van der Waals surface area contributed by atoms with Gasteiger partial charge in [-0.05, 0) is 61.7 Å². The number of anilines is 2. The fourth-order valence-corrected chi connectivity index (χ4v) is 5.02. The maximum Gasteiger partial charge on any atom is 0.143 e. The lowest BCUT2D eigenvalue weighted by atomic mass is 9.99. The van der Waals surface area contributed by atoms with Gasteiger partial charge in [0, 0.05) is 30.4 Å². The van der Waals surface area contributed by atoms with Crippen molar-refractivity contribution in [3.8, 4) is 11.5 Å². The Morgan fingerprint density at radius 2 is 1.69 bits per heavy atom. The number of likely N-dealkylation sites (tertiary alicyclic amines) is 1. The normalized spacial score (nSPS) is 18.3. The number of piperidine rings is 1. The zero-order chi connectivity index (χ0) is 21.8. The number of hydrogen-bond donors (Lipinski definition) is 0. The molecule has 0 radical (unpaired) electrons. The number of hydrogen-bond acceptors (Lipinski definition) is 4. The summed E-state index contributed by atoms with van der Waals surface area (Å²) in [6.45, 7) is 3.87. The van der Waals surface area contributed by atoms with E-state index in [2.05, 4.69) is 82.6 Å². The summed E-state index contributed by atoms with van der Waals surface area (Å²) in [7, 11) is 1.72. The number of fused-ring (bicyclic) bond motifs is 2. The standard InChI is InChI=1S/C28H32N2O2/c1-31-25-15-13-22(14-16-25)17-19-29-18-7-6-9-24(29)20-30-26-10-3-2-8-23(26)21-32-28-12-5-4-11-27(28)30/h2-5,8,10-16,24H,6-7,9,17-21H2,1H3/t24-/m1/s1. The van der Waals surface area contributed by atoms with Gasteiger partial charge in [0.1, 0.15) is 18.1 Å². The molecule has 0 aromatic heterocycles. The van der Waals surface area contributed by atoms with E-state index < -0.39 is 0 Å². The second-order valence-electron chi connectivity index (χ2n) is 8.78. The quantitative estimate of drug-likeness (QED) is 0.494. The summed E-state index contributed by atoms with van der Waals surface area (Å²) in [5.41, 5.74) is 5.08. The van der Waals surface area contributed by atoms with Crippen molar-refractivity contribution in [2.45, 2.75) is 38.3 Å². The highest BCUT2D eigenvalue weighted by molar-refractivity contribution is 5.72. The van der Waals surface area contributed by atoms with Crippen LogP contribution in [0, 0.1) is 0 Å². The third kappa shape index (κ3) is 4.46. The van der Waals surface area contributed by atoms with Gasteiger partial charge >= 0.3 is 0 Å². The van der Waals surface area contributed by atoms with Crippen molar-refractivity contribution in [1.29, 1.82) is 0 Å². The molecule has 1 fully saturated rings. The summed E-state index contributed by atoms with van der Waals surface area (Å²) in [5.74, 6) is 1.90. The van der Waals surface area contributed by atoms with Gasteiger partial charge in [-0.15, -0.1) is 0 Å². The minimum atomic E-state index is 0.529. The van der Waals surface area contributed by atoms with Crippen LogP contribution in [0.25, 0.3) is 0 Å². The van der Waals surface area contributed by atoms with Gasteiger partial charge in [-0.25, -0.2) is 0 Å². The van der Waals surface area contributed by atoms with Crippen LogP contribution in [-0.4, -0.2) is 37.7 Å². The van der Waals surface area contributed by atoms with Gasteiger partial charge in [0.05, 0.1) is 12.8 Å². The molecule has 0 saturated carbocycles. The second-order valence-corrected chi connectivity index (χ2v) is 8.78. The molecule has 1 saturated heterocycles. The van der Waals surface area contributed by atoms with E-state index in [0.717, 1.165) is 31.0 Å². The highest BCUT2D eigenvalue weighted by Crippen LogP contribution is 2.40. The van der Waals surface area contributed by atoms with Gasteiger partial charge in [-0.3, -0.25) is 4.90 Å². The van der Waals surface area contributed by atoms with Crippen LogP contribution in [0.5, 0.6) is 11.5 Å². The van der Waals surface area contributed by atoms with Crippen molar-refractivity contribution in [2.24, 2.45) is 0 Å². The average molecular weight is 429 g/mol. The van der Waals surface area contributed by atoms with E-state index >= 15 is 0 Å². The van der Waals surface area contributed by atoms with Gasteiger partial charge in [-0.1, -0.05) is 48.9 Å². The van der Waals surface area contributed by atoms with Crippen molar-refractivity contribution in [2.75, 3.05) is 31.6 Å². The fourth-order valence-electron chi connectivity index (χ4n) is 5.02. The zero-order valence-corrected chi connectivity index (χ0v) is 18.9. The highest BCUT2D eigenvalue weighted by atomic mass is 16.5. The van der Waals surface area contributed by atoms with Crippen molar-refractivity contribution < 1.29 is 9.47 Å². The predicted octanol–water partition coefficient (Wildman–Crippen LogP) is 5.82. The molecule has 3 aromatic rings. The molecule has 0 amide bonds. The molecule has 166 valence electrons. The largest absolute Gasteiger partial charge is 0.497 e. The first-order valence-electron chi connectivity index (χ1n) is 11.8. The number of benzene rings is 3. The molecule has 4 nitrogen and oxygen atoms in total. The van der Waals surface area contributed by atoms with E-state index in [1.807, 2.05) is 0 Å². The SMILES string of the molecule is COc1ccc(CCN2CCCC[C@@H]2CN2c3ccccc3COc3ccccc32)cc1. The van der Waals surface area contributed by atoms with Gasteiger partial charge in [0.25, 0.3) is 0 Å². The molecular formula is C28H32N2O2. The van der Waals surface area contributed by atoms with Crippen molar-refractivity contribution >= 4 is 11.4 Å². The Kier molecular flexibility index (Phi) is 6.31. The first kappa shape index (κ1) is 20.9. The van der Waals surface area contributed by atoms with Crippen LogP contribution < -0.4 is 14.4 Å². The maximum absolute atomic E-state index is 6.18. The summed E-state index contributed by atoms with van der Waals surface area (Å²) in [6.07, 6.45) is 4.90. The maximum atomic E-state index is 6.18. The second kappa shape index (κ2) is 9.66. The van der Waals surface area contributed by atoms with Crippen LogP contribution in [0.3, 0.4) is 0 Å². The zero-order valence-electron chi connectivity index (χ0n) is 18.9. The Hall–Kier alpha value is -2.98. The van der Waals surface area contributed by atoms with Crippen molar-refractivity contribution in [3.05, 3.63) is 83.9 Å². The Bertz CT molecular complexity index is 986. The third-order valence-electron chi connectivity index (χ3n) is 6.81. The van der Waals surface area contributed by atoms with Crippen LogP contribution in [0.1, 0.15) is 30.4 Å². The molecule has 3 aromatic carbocycles. The first-order chi connectivity index (χ1) is 15.8. The molecule has 0 aliphatic carbocycles. The van der Waals surface area contributed by atoms with Gasteiger partial charge in [-0.2, -0.15) is 0 Å². The molecule has 0 N–H and O–H groups in total. The summed E-state index contributed by atoms with van der Waals surface area (Å²) in [4.78, 5) is 5.19. The number of ether oxygens (including phenoxy) is 2. The average Bonchev–Trinajstić information content (AvgIpc) is 3.01. The van der Waals surface area contributed by atoms with Crippen LogP contribution in [0.4, 0.5) is 11.4 Å². The molecular weight excluding hydrogens is 396 g/mol. The molecule has 5 rings (SSSR count).